The van der Waals surface area contributed by atoms with Crippen molar-refractivity contribution in [2.45, 2.75) is 25.5 Å². The van der Waals surface area contributed by atoms with Crippen molar-refractivity contribution in [1.82, 2.24) is 0 Å². The minimum Gasteiger partial charge on any atom is -0.325 e. The summed E-state index contributed by atoms with van der Waals surface area (Å²) in [7, 11) is 0. The highest BCUT2D eigenvalue weighted by atomic mass is 32.2. The van der Waals surface area contributed by atoms with E-state index in [9.17, 15) is 4.79 Å². The Morgan fingerprint density at radius 2 is 1.95 bits per heavy atom. The number of amides is 1. The van der Waals surface area contributed by atoms with Gasteiger partial charge in [0.15, 0.2) is 0 Å². The molecule has 0 bridgehead atoms. The fourth-order valence-electron chi connectivity index (χ4n) is 1.27. The van der Waals surface area contributed by atoms with Crippen molar-refractivity contribution in [3.05, 3.63) is 29.8 Å². The highest BCUT2D eigenvalue weighted by Gasteiger charge is 2.13. The lowest BCUT2D eigenvalue weighted by molar-refractivity contribution is -0.113. The Labute approximate surface area is 119 Å². The van der Waals surface area contributed by atoms with E-state index in [1.54, 1.807) is 11.8 Å². The van der Waals surface area contributed by atoms with Gasteiger partial charge in [-0.05, 0) is 24.3 Å². The van der Waals surface area contributed by atoms with Crippen LogP contribution in [0.2, 0.25) is 0 Å². The van der Waals surface area contributed by atoms with Gasteiger partial charge in [-0.2, -0.15) is 0 Å². The van der Waals surface area contributed by atoms with Gasteiger partial charge in [0.1, 0.15) is 0 Å². The maximum atomic E-state index is 11.7. The molecule has 102 valence electrons. The van der Waals surface area contributed by atoms with Crippen molar-refractivity contribution in [3.8, 4) is 11.8 Å². The van der Waals surface area contributed by atoms with Gasteiger partial charge >= 0.3 is 0 Å². The molecule has 0 aliphatic rings. The zero-order valence-electron chi connectivity index (χ0n) is 11.6. The Hall–Kier alpha value is -1.44. The molecule has 1 aromatic carbocycles. The molecule has 0 aliphatic heterocycles. The van der Waals surface area contributed by atoms with Crippen molar-refractivity contribution in [2.75, 3.05) is 17.6 Å². The van der Waals surface area contributed by atoms with E-state index in [-0.39, 0.29) is 10.7 Å². The van der Waals surface area contributed by atoms with Crippen LogP contribution < -0.4 is 11.1 Å². The number of hydrogen-bond acceptors (Lipinski definition) is 3. The first kappa shape index (κ1) is 15.6. The van der Waals surface area contributed by atoms with Crippen molar-refractivity contribution in [3.63, 3.8) is 0 Å². The average molecular weight is 276 g/mol. The summed E-state index contributed by atoms with van der Waals surface area (Å²) in [5.74, 6) is 6.20. The van der Waals surface area contributed by atoms with Gasteiger partial charge in [-0.1, -0.05) is 32.6 Å². The van der Waals surface area contributed by atoms with Crippen LogP contribution in [0.25, 0.3) is 0 Å². The molecule has 1 rings (SSSR count). The highest BCUT2D eigenvalue weighted by molar-refractivity contribution is 8.01. The van der Waals surface area contributed by atoms with Crippen LogP contribution in [-0.2, 0) is 4.79 Å². The van der Waals surface area contributed by atoms with E-state index >= 15 is 0 Å². The fraction of sp³-hybridized carbons (Fsp3) is 0.400. The molecule has 0 aliphatic carbocycles. The third-order valence-electron chi connectivity index (χ3n) is 2.14. The maximum absolute atomic E-state index is 11.7. The molecule has 0 atom stereocenters. The summed E-state index contributed by atoms with van der Waals surface area (Å²) in [6.45, 7) is 6.63. The lowest BCUT2D eigenvalue weighted by atomic mass is 10.2. The Balaban J connectivity index is 2.51. The van der Waals surface area contributed by atoms with Gasteiger partial charge in [0.05, 0.1) is 12.3 Å². The normalized spacial score (nSPS) is 10.5. The molecule has 19 heavy (non-hydrogen) atoms. The summed E-state index contributed by atoms with van der Waals surface area (Å²) in [5, 5.41) is 2.87. The third-order valence-corrected chi connectivity index (χ3v) is 3.41. The van der Waals surface area contributed by atoms with E-state index in [0.717, 1.165) is 11.3 Å². The summed E-state index contributed by atoms with van der Waals surface area (Å²) in [5.41, 5.74) is 6.99. The van der Waals surface area contributed by atoms with Crippen LogP contribution >= 0.6 is 11.8 Å². The molecule has 0 saturated heterocycles. The van der Waals surface area contributed by atoms with Crippen molar-refractivity contribution in [2.24, 2.45) is 5.73 Å². The van der Waals surface area contributed by atoms with Crippen molar-refractivity contribution >= 4 is 23.4 Å². The van der Waals surface area contributed by atoms with Gasteiger partial charge in [-0.3, -0.25) is 4.79 Å². The Morgan fingerprint density at radius 3 is 2.47 bits per heavy atom. The van der Waals surface area contributed by atoms with E-state index in [2.05, 4.69) is 37.9 Å². The second-order valence-corrected chi connectivity index (χ2v) is 6.83. The number of carbonyl (C=O) groups excluding carboxylic acids is 1. The lowest BCUT2D eigenvalue weighted by Crippen LogP contribution is -2.18. The predicted octanol–water partition coefficient (Wildman–Crippen LogP) is 2.47. The molecule has 0 unspecified atom stereocenters. The monoisotopic (exact) mass is 276 g/mol. The molecule has 0 spiro atoms. The molecular formula is C15H20N2OS. The summed E-state index contributed by atoms with van der Waals surface area (Å²) in [6.07, 6.45) is 0. The van der Waals surface area contributed by atoms with Gasteiger partial charge in [0.2, 0.25) is 5.91 Å². The smallest absolute Gasteiger partial charge is 0.234 e. The second-order valence-electron chi connectivity index (χ2n) is 5.03. The Kier molecular flexibility index (Phi) is 5.94. The van der Waals surface area contributed by atoms with Crippen LogP contribution in [0, 0.1) is 11.8 Å². The van der Waals surface area contributed by atoms with Gasteiger partial charge in [-0.15, -0.1) is 11.8 Å². The van der Waals surface area contributed by atoms with E-state index in [1.807, 2.05) is 24.3 Å². The molecule has 0 saturated carbocycles. The number of hydrogen-bond donors (Lipinski definition) is 2. The molecule has 0 radical (unpaired) electrons. The topological polar surface area (TPSA) is 55.1 Å². The quantitative estimate of drug-likeness (QED) is 0.834. The van der Waals surface area contributed by atoms with Gasteiger partial charge in [0.25, 0.3) is 0 Å². The number of carbonyl (C=O) groups is 1. The van der Waals surface area contributed by atoms with E-state index < -0.39 is 0 Å². The van der Waals surface area contributed by atoms with Crippen LogP contribution in [0.1, 0.15) is 26.3 Å². The molecule has 0 heterocycles. The zero-order chi connectivity index (χ0) is 14.3. The molecule has 1 aromatic rings. The summed E-state index contributed by atoms with van der Waals surface area (Å²) < 4.78 is 0.0962. The number of rotatable bonds is 3. The van der Waals surface area contributed by atoms with Crippen LogP contribution in [0.4, 0.5) is 5.69 Å². The number of nitrogens with one attached hydrogen (secondary N) is 1. The van der Waals surface area contributed by atoms with Crippen molar-refractivity contribution in [1.29, 1.82) is 0 Å². The van der Waals surface area contributed by atoms with Gasteiger partial charge in [0, 0.05) is 16.0 Å². The largest absolute Gasteiger partial charge is 0.325 e. The van der Waals surface area contributed by atoms with Crippen LogP contribution in [-0.4, -0.2) is 23.0 Å². The maximum Gasteiger partial charge on any atom is 0.234 e. The number of thioether (sulfide) groups is 1. The summed E-state index contributed by atoms with van der Waals surface area (Å²) in [6, 6.07) is 7.44. The minimum absolute atomic E-state index is 0.0146. The molecule has 0 aromatic heterocycles. The molecule has 3 nitrogen and oxygen atoms in total. The SMILES string of the molecule is CC(C)(C)SCC(=O)Nc1ccc(C#CCN)cc1. The standard InChI is InChI=1S/C15H20N2OS/c1-15(2,3)19-11-14(18)17-13-8-6-12(7-9-13)5-4-10-16/h6-9H,10-11,16H2,1-3H3,(H,17,18). The lowest BCUT2D eigenvalue weighted by Gasteiger charge is -2.16. The highest BCUT2D eigenvalue weighted by Crippen LogP contribution is 2.23. The first-order valence-electron chi connectivity index (χ1n) is 6.13. The van der Waals surface area contributed by atoms with Gasteiger partial charge < -0.3 is 11.1 Å². The fourth-order valence-corrected chi connectivity index (χ4v) is 1.91. The second kappa shape index (κ2) is 7.22. The molecule has 3 N–H and O–H groups in total. The minimum atomic E-state index is 0.0146. The van der Waals surface area contributed by atoms with Crippen LogP contribution in [0.5, 0.6) is 0 Å². The molecule has 4 heteroatoms. The van der Waals surface area contributed by atoms with E-state index in [0.29, 0.717) is 12.3 Å². The van der Waals surface area contributed by atoms with Gasteiger partial charge in [-0.25, -0.2) is 0 Å². The Morgan fingerprint density at radius 1 is 1.32 bits per heavy atom. The number of anilines is 1. The number of nitrogens with two attached hydrogens (primary N) is 1. The Bertz CT molecular complexity index is 478. The van der Waals surface area contributed by atoms with Crippen LogP contribution in [0.3, 0.4) is 0 Å². The summed E-state index contributed by atoms with van der Waals surface area (Å²) in [4.78, 5) is 11.7. The zero-order valence-corrected chi connectivity index (χ0v) is 12.4. The van der Waals surface area contributed by atoms with Crippen molar-refractivity contribution < 1.29 is 4.79 Å². The molecular weight excluding hydrogens is 256 g/mol. The van der Waals surface area contributed by atoms with E-state index in [1.165, 1.54) is 0 Å². The third kappa shape index (κ3) is 6.90. The summed E-state index contributed by atoms with van der Waals surface area (Å²) >= 11 is 1.63. The van der Waals surface area contributed by atoms with E-state index in [4.69, 9.17) is 5.73 Å². The molecule has 1 amide bonds. The molecule has 0 fully saturated rings. The predicted molar refractivity (Wildman–Crippen MR) is 83.2 cm³/mol. The average Bonchev–Trinajstić information content (AvgIpc) is 2.35. The first-order chi connectivity index (χ1) is 8.90. The number of benzene rings is 1. The first-order valence-corrected chi connectivity index (χ1v) is 7.12. The van der Waals surface area contributed by atoms with Crippen LogP contribution in [0.15, 0.2) is 24.3 Å².